The third kappa shape index (κ3) is 26.7. The van der Waals surface area contributed by atoms with Gasteiger partial charge in [0.2, 0.25) is 0 Å². The van der Waals surface area contributed by atoms with Crippen molar-refractivity contribution in [2.75, 3.05) is 19.8 Å². The first-order chi connectivity index (χ1) is 5.18. The summed E-state index contributed by atoms with van der Waals surface area (Å²) in [5, 5.41) is 25.4. The zero-order valence-electron chi connectivity index (χ0n) is 6.45. The van der Waals surface area contributed by atoms with Gasteiger partial charge < -0.3 is 25.8 Å². The standard InChI is InChI=1S/C4H8O3.C2H7NO/c5-3-1-2-4(6)7;3-1-2-4/h5H,1-3H2,(H,6,7);4H,1-3H2. The van der Waals surface area contributed by atoms with Crippen LogP contribution in [0.25, 0.3) is 0 Å². The summed E-state index contributed by atoms with van der Waals surface area (Å²) in [6.45, 7) is 0.758. The number of carbonyl (C=O) groups excluding carboxylic acids is 1. The molecule has 5 nitrogen and oxygen atoms in total. The second-order valence-electron chi connectivity index (χ2n) is 1.78. The average molecular weight is 165 g/mol. The maximum absolute atomic E-state index is 9.54. The average Bonchev–Trinajstić information content (AvgIpc) is 2.01. The number of aliphatic carboxylic acids is 1. The van der Waals surface area contributed by atoms with E-state index in [0.717, 1.165) is 0 Å². The second kappa shape index (κ2) is 12.1. The van der Waals surface area contributed by atoms with Crippen molar-refractivity contribution >= 4 is 5.97 Å². The highest BCUT2D eigenvalue weighted by Gasteiger charge is 1.81. The van der Waals surface area contributed by atoms with Crippen molar-refractivity contribution in [2.24, 2.45) is 0 Å². The molecule has 0 aromatic heterocycles. The molecule has 5 N–H and O–H groups in total. The molecule has 0 fully saturated rings. The van der Waals surface area contributed by atoms with E-state index >= 15 is 0 Å². The van der Waals surface area contributed by atoms with Gasteiger partial charge >= 0.3 is 0 Å². The Kier molecular flexibility index (Phi) is 14.2. The molecule has 0 rings (SSSR count). The highest BCUT2D eigenvalue weighted by atomic mass is 16.4. The molecule has 0 aliphatic carbocycles. The van der Waals surface area contributed by atoms with E-state index in [1.54, 1.807) is 0 Å². The lowest BCUT2D eigenvalue weighted by atomic mass is 10.3. The molecule has 0 aromatic carbocycles. The molecule has 0 heterocycles. The molecule has 0 saturated carbocycles. The molecular weight excluding hydrogens is 150 g/mol. The highest BCUT2D eigenvalue weighted by Crippen LogP contribution is 1.81. The van der Waals surface area contributed by atoms with Gasteiger partial charge in [-0.3, -0.25) is 0 Å². The lowest BCUT2D eigenvalue weighted by molar-refractivity contribution is -0.372. The Bertz CT molecular complexity index is 84.7. The first-order valence-corrected chi connectivity index (χ1v) is 3.39. The SMILES string of the molecule is O=C([O-])CCCO.[NH3+]CCO. The molecule has 0 aliphatic heterocycles. The van der Waals surface area contributed by atoms with E-state index in [-0.39, 0.29) is 19.6 Å². The van der Waals surface area contributed by atoms with E-state index in [9.17, 15) is 9.90 Å². The third-order valence-electron chi connectivity index (χ3n) is 0.697. The fourth-order valence-corrected chi connectivity index (χ4v) is 0.223. The summed E-state index contributed by atoms with van der Waals surface area (Å²) in [7, 11) is 0. The topological polar surface area (TPSA) is 108 Å². The van der Waals surface area contributed by atoms with Crippen LogP contribution in [0.5, 0.6) is 0 Å². The second-order valence-corrected chi connectivity index (χ2v) is 1.78. The van der Waals surface area contributed by atoms with Crippen LogP contribution in [-0.4, -0.2) is 35.9 Å². The molecule has 0 aromatic rings. The van der Waals surface area contributed by atoms with Crippen LogP contribution in [0.3, 0.4) is 0 Å². The Morgan fingerprint density at radius 2 is 1.82 bits per heavy atom. The van der Waals surface area contributed by atoms with Gasteiger partial charge in [0.1, 0.15) is 0 Å². The minimum absolute atomic E-state index is 0.0451. The molecule has 0 amide bonds. The Morgan fingerprint density at radius 3 is 1.91 bits per heavy atom. The molecule has 0 unspecified atom stereocenters. The van der Waals surface area contributed by atoms with E-state index in [1.807, 2.05) is 0 Å². The number of quaternary nitrogens is 1. The van der Waals surface area contributed by atoms with Gasteiger partial charge in [-0.05, 0) is 12.8 Å². The van der Waals surface area contributed by atoms with E-state index < -0.39 is 5.97 Å². The van der Waals surface area contributed by atoms with Gasteiger partial charge in [0.05, 0.1) is 13.2 Å². The van der Waals surface area contributed by atoms with Crippen molar-refractivity contribution in [3.63, 3.8) is 0 Å². The summed E-state index contributed by atoms with van der Waals surface area (Å²) in [6.07, 6.45) is 0.249. The Labute approximate surface area is 65.5 Å². The van der Waals surface area contributed by atoms with Gasteiger partial charge in [0.15, 0.2) is 0 Å². The van der Waals surface area contributed by atoms with Gasteiger partial charge in [-0.25, -0.2) is 0 Å². The largest absolute Gasteiger partial charge is 0.550 e. The third-order valence-corrected chi connectivity index (χ3v) is 0.697. The number of carboxylic acids is 1. The van der Waals surface area contributed by atoms with E-state index in [2.05, 4.69) is 5.73 Å². The molecule has 68 valence electrons. The zero-order valence-corrected chi connectivity index (χ0v) is 6.45. The van der Waals surface area contributed by atoms with Crippen LogP contribution in [-0.2, 0) is 4.79 Å². The predicted octanol–water partition coefficient (Wildman–Crippen LogP) is -3.27. The maximum Gasteiger partial charge on any atom is 0.0974 e. The fraction of sp³-hybridized carbons (Fsp3) is 0.833. The van der Waals surface area contributed by atoms with Crippen LogP contribution in [0.4, 0.5) is 0 Å². The van der Waals surface area contributed by atoms with Gasteiger partial charge in [0.25, 0.3) is 0 Å². The zero-order chi connectivity index (χ0) is 9.11. The van der Waals surface area contributed by atoms with Crippen LogP contribution >= 0.6 is 0 Å². The summed E-state index contributed by atoms with van der Waals surface area (Å²) in [6, 6.07) is 0. The van der Waals surface area contributed by atoms with Gasteiger partial charge in [0, 0.05) is 12.6 Å². The van der Waals surface area contributed by atoms with Crippen molar-refractivity contribution in [3.8, 4) is 0 Å². The van der Waals surface area contributed by atoms with Crippen molar-refractivity contribution < 1.29 is 25.8 Å². The summed E-state index contributed by atoms with van der Waals surface area (Å²) in [4.78, 5) is 9.54. The van der Waals surface area contributed by atoms with Crippen LogP contribution < -0.4 is 10.8 Å². The van der Waals surface area contributed by atoms with Crippen molar-refractivity contribution in [1.82, 2.24) is 0 Å². The number of aliphatic hydroxyl groups is 2. The Hall–Kier alpha value is -0.650. The van der Waals surface area contributed by atoms with Crippen molar-refractivity contribution in [2.45, 2.75) is 12.8 Å². The van der Waals surface area contributed by atoms with E-state index in [0.29, 0.717) is 13.0 Å². The molecule has 0 aliphatic rings. The Balaban J connectivity index is 0. The number of hydrogen-bond donors (Lipinski definition) is 3. The molecule has 0 bridgehead atoms. The minimum atomic E-state index is -1.10. The minimum Gasteiger partial charge on any atom is -0.550 e. The quantitative estimate of drug-likeness (QED) is 0.406. The predicted molar refractivity (Wildman–Crippen MR) is 36.2 cm³/mol. The number of carboxylic acid groups (broad SMARTS) is 1. The molecule has 0 radical (unpaired) electrons. The molecule has 0 atom stereocenters. The number of hydrogen-bond acceptors (Lipinski definition) is 4. The summed E-state index contributed by atoms with van der Waals surface area (Å²) in [5.41, 5.74) is 3.35. The lowest BCUT2D eigenvalue weighted by Crippen LogP contribution is -2.51. The number of carbonyl (C=O) groups is 1. The summed E-state index contributed by atoms with van der Waals surface area (Å²) >= 11 is 0. The molecule has 5 heteroatoms. The maximum atomic E-state index is 9.54. The summed E-state index contributed by atoms with van der Waals surface area (Å²) in [5.74, 6) is -1.10. The van der Waals surface area contributed by atoms with Crippen LogP contribution in [0.15, 0.2) is 0 Å². The lowest BCUT2D eigenvalue weighted by Gasteiger charge is -1.95. The highest BCUT2D eigenvalue weighted by molar-refractivity contribution is 5.64. The molecular formula is C6H15NO4. The van der Waals surface area contributed by atoms with Crippen molar-refractivity contribution in [1.29, 1.82) is 0 Å². The van der Waals surface area contributed by atoms with E-state index in [1.165, 1.54) is 0 Å². The number of aliphatic hydroxyl groups excluding tert-OH is 2. The first-order valence-electron chi connectivity index (χ1n) is 3.39. The van der Waals surface area contributed by atoms with Gasteiger partial charge in [-0.2, -0.15) is 0 Å². The first kappa shape index (κ1) is 13.0. The van der Waals surface area contributed by atoms with Crippen molar-refractivity contribution in [3.05, 3.63) is 0 Å². The van der Waals surface area contributed by atoms with E-state index in [4.69, 9.17) is 10.2 Å². The van der Waals surface area contributed by atoms with Crippen LogP contribution in [0, 0.1) is 0 Å². The van der Waals surface area contributed by atoms with Crippen LogP contribution in [0.1, 0.15) is 12.8 Å². The Morgan fingerprint density at radius 1 is 1.36 bits per heavy atom. The molecule has 0 spiro atoms. The van der Waals surface area contributed by atoms with Gasteiger partial charge in [-0.1, -0.05) is 0 Å². The monoisotopic (exact) mass is 165 g/mol. The summed E-state index contributed by atoms with van der Waals surface area (Å²) < 4.78 is 0. The van der Waals surface area contributed by atoms with Crippen LogP contribution in [0.2, 0.25) is 0 Å². The number of rotatable bonds is 4. The smallest absolute Gasteiger partial charge is 0.0974 e. The fourth-order valence-electron chi connectivity index (χ4n) is 0.223. The normalized spacial score (nSPS) is 8.27. The molecule has 0 saturated heterocycles. The molecule has 11 heavy (non-hydrogen) atoms. The van der Waals surface area contributed by atoms with Gasteiger partial charge in [-0.15, -0.1) is 0 Å².